The van der Waals surface area contributed by atoms with Crippen LogP contribution in [0.25, 0.3) is 11.4 Å². The number of benzene rings is 2. The van der Waals surface area contributed by atoms with E-state index >= 15 is 0 Å². The third-order valence-corrected chi connectivity index (χ3v) is 5.59. The van der Waals surface area contributed by atoms with Gasteiger partial charge in [0.2, 0.25) is 17.6 Å². The van der Waals surface area contributed by atoms with Crippen molar-refractivity contribution in [3.8, 4) is 17.1 Å². The number of alkyl halides is 3. The van der Waals surface area contributed by atoms with Crippen molar-refractivity contribution in [2.24, 2.45) is 5.92 Å². The molecule has 3 aromatic rings. The predicted molar refractivity (Wildman–Crippen MR) is 114 cm³/mol. The molecule has 1 amide bonds. The van der Waals surface area contributed by atoms with Crippen LogP contribution in [-0.4, -0.2) is 41.1 Å². The molecule has 0 saturated carbocycles. The van der Waals surface area contributed by atoms with Crippen LogP contribution >= 0.6 is 0 Å². The lowest BCUT2D eigenvalue weighted by molar-refractivity contribution is -0.137. The summed E-state index contributed by atoms with van der Waals surface area (Å²) in [6.07, 6.45) is -3.28. The Bertz CT molecular complexity index is 1090. The van der Waals surface area contributed by atoms with Gasteiger partial charge in [0.05, 0.1) is 19.2 Å². The molecule has 1 saturated heterocycles. The molecule has 0 aliphatic carbocycles. The summed E-state index contributed by atoms with van der Waals surface area (Å²) in [7, 11) is 1.60. The van der Waals surface area contributed by atoms with Gasteiger partial charge in [0, 0.05) is 17.2 Å². The molecule has 1 fully saturated rings. The largest absolute Gasteiger partial charge is 0.497 e. The predicted octanol–water partition coefficient (Wildman–Crippen LogP) is 4.61. The lowest BCUT2D eigenvalue weighted by Crippen LogP contribution is -2.37. The van der Waals surface area contributed by atoms with Gasteiger partial charge in [0.25, 0.3) is 0 Å². The smallest absolute Gasteiger partial charge is 0.416 e. The highest BCUT2D eigenvalue weighted by Gasteiger charge is 2.31. The molecule has 33 heavy (non-hydrogen) atoms. The van der Waals surface area contributed by atoms with Gasteiger partial charge in [0.15, 0.2) is 0 Å². The normalized spacial score (nSPS) is 15.4. The first-order valence-electron chi connectivity index (χ1n) is 10.5. The van der Waals surface area contributed by atoms with Crippen LogP contribution in [0.4, 0.5) is 18.9 Å². The molecule has 2 aromatic carbocycles. The molecule has 0 radical (unpaired) electrons. The second-order valence-electron chi connectivity index (χ2n) is 7.86. The first kappa shape index (κ1) is 22.8. The van der Waals surface area contributed by atoms with Gasteiger partial charge in [-0.1, -0.05) is 11.2 Å². The molecular weight excluding hydrogens is 437 g/mol. The second kappa shape index (κ2) is 9.62. The lowest BCUT2D eigenvalue weighted by Gasteiger charge is -2.30. The third-order valence-electron chi connectivity index (χ3n) is 5.59. The SMILES string of the molecule is COc1ccc(-c2noc(CN3CCC(C(=O)Nc4cccc(C(F)(F)F)c4)CC3)n2)cc1. The zero-order valence-corrected chi connectivity index (χ0v) is 17.9. The van der Waals surface area contributed by atoms with Crippen molar-refractivity contribution < 1.29 is 27.2 Å². The summed E-state index contributed by atoms with van der Waals surface area (Å²) in [6.45, 7) is 1.74. The summed E-state index contributed by atoms with van der Waals surface area (Å²) < 4.78 is 49.1. The van der Waals surface area contributed by atoms with Crippen molar-refractivity contribution in [1.82, 2.24) is 15.0 Å². The average molecular weight is 460 g/mol. The molecule has 0 spiro atoms. The molecular formula is C23H23F3N4O3. The Morgan fingerprint density at radius 2 is 1.91 bits per heavy atom. The van der Waals surface area contributed by atoms with Crippen LogP contribution in [0.15, 0.2) is 53.1 Å². The number of carbonyl (C=O) groups excluding carboxylic acids is 1. The number of piperidine rings is 1. The number of halogens is 3. The van der Waals surface area contributed by atoms with Crippen LogP contribution < -0.4 is 10.1 Å². The lowest BCUT2D eigenvalue weighted by atomic mass is 9.95. The Balaban J connectivity index is 1.28. The Morgan fingerprint density at radius 3 is 2.58 bits per heavy atom. The molecule has 10 heteroatoms. The zero-order chi connectivity index (χ0) is 23.4. The highest BCUT2D eigenvalue weighted by atomic mass is 19.4. The number of hydrogen-bond donors (Lipinski definition) is 1. The fourth-order valence-corrected chi connectivity index (χ4v) is 3.74. The summed E-state index contributed by atoms with van der Waals surface area (Å²) in [5, 5.41) is 6.64. The van der Waals surface area contributed by atoms with Crippen molar-refractivity contribution >= 4 is 11.6 Å². The van der Waals surface area contributed by atoms with E-state index in [4.69, 9.17) is 9.26 Å². The Morgan fingerprint density at radius 1 is 1.18 bits per heavy atom. The summed E-state index contributed by atoms with van der Waals surface area (Å²) >= 11 is 0. The van der Waals surface area contributed by atoms with Crippen molar-refractivity contribution in [3.05, 3.63) is 60.0 Å². The van der Waals surface area contributed by atoms with Crippen LogP contribution in [0.5, 0.6) is 5.75 Å². The molecule has 2 heterocycles. The summed E-state index contributed by atoms with van der Waals surface area (Å²) in [5.41, 5.74) is 0.175. The van der Waals surface area contributed by atoms with E-state index in [0.717, 1.165) is 23.4 Å². The molecule has 174 valence electrons. The molecule has 1 aliphatic heterocycles. The van der Waals surface area contributed by atoms with Crippen LogP contribution in [0.1, 0.15) is 24.3 Å². The fraction of sp³-hybridized carbons (Fsp3) is 0.348. The van der Waals surface area contributed by atoms with Gasteiger partial charge in [-0.15, -0.1) is 0 Å². The molecule has 4 rings (SSSR count). The van der Waals surface area contributed by atoms with E-state index < -0.39 is 11.7 Å². The first-order chi connectivity index (χ1) is 15.8. The number of aromatic nitrogens is 2. The number of likely N-dealkylation sites (tertiary alicyclic amines) is 1. The van der Waals surface area contributed by atoms with Gasteiger partial charge < -0.3 is 14.6 Å². The van der Waals surface area contributed by atoms with Gasteiger partial charge in [-0.2, -0.15) is 18.2 Å². The van der Waals surface area contributed by atoms with E-state index in [-0.39, 0.29) is 17.5 Å². The Hall–Kier alpha value is -3.40. The third kappa shape index (κ3) is 5.70. The average Bonchev–Trinajstić information content (AvgIpc) is 3.27. The minimum absolute atomic E-state index is 0.147. The van der Waals surface area contributed by atoms with Crippen molar-refractivity contribution in [2.75, 3.05) is 25.5 Å². The number of hydrogen-bond acceptors (Lipinski definition) is 6. The maximum absolute atomic E-state index is 12.9. The van der Waals surface area contributed by atoms with Crippen LogP contribution in [0, 0.1) is 5.92 Å². The standard InChI is InChI=1S/C23H23F3N4O3/c1-32-19-7-5-15(6-8-19)21-28-20(33-29-21)14-30-11-9-16(10-12-30)22(31)27-18-4-2-3-17(13-18)23(24,25)26/h2-8,13,16H,9-12,14H2,1H3,(H,27,31). The van der Waals surface area contributed by atoms with E-state index in [2.05, 4.69) is 20.4 Å². The molecule has 1 aromatic heterocycles. The summed E-state index contributed by atoms with van der Waals surface area (Å²) in [4.78, 5) is 19.1. The molecule has 1 N–H and O–H groups in total. The number of nitrogens with one attached hydrogen (secondary N) is 1. The van der Waals surface area contributed by atoms with Crippen molar-refractivity contribution in [2.45, 2.75) is 25.6 Å². The number of ether oxygens (including phenoxy) is 1. The van der Waals surface area contributed by atoms with Crippen molar-refractivity contribution in [1.29, 1.82) is 0 Å². The number of methoxy groups -OCH3 is 1. The van der Waals surface area contributed by atoms with E-state index in [1.165, 1.54) is 12.1 Å². The fourth-order valence-electron chi connectivity index (χ4n) is 3.74. The minimum atomic E-state index is -4.45. The monoisotopic (exact) mass is 460 g/mol. The van der Waals surface area contributed by atoms with Gasteiger partial charge in [-0.25, -0.2) is 0 Å². The van der Waals surface area contributed by atoms with E-state index in [0.29, 0.717) is 44.2 Å². The number of anilines is 1. The highest BCUT2D eigenvalue weighted by Crippen LogP contribution is 2.31. The zero-order valence-electron chi connectivity index (χ0n) is 17.9. The molecule has 0 bridgehead atoms. The maximum Gasteiger partial charge on any atom is 0.416 e. The van der Waals surface area contributed by atoms with Gasteiger partial charge in [0.1, 0.15) is 5.75 Å². The quantitative estimate of drug-likeness (QED) is 0.579. The Kier molecular flexibility index (Phi) is 6.64. The maximum atomic E-state index is 12.9. The van der Waals surface area contributed by atoms with Gasteiger partial charge >= 0.3 is 6.18 Å². The Labute approximate surface area is 188 Å². The van der Waals surface area contributed by atoms with Crippen LogP contribution in [0.2, 0.25) is 0 Å². The summed E-state index contributed by atoms with van der Waals surface area (Å²) in [6, 6.07) is 12.0. The van der Waals surface area contributed by atoms with E-state index in [1.807, 2.05) is 24.3 Å². The van der Waals surface area contributed by atoms with Crippen LogP contribution in [0.3, 0.4) is 0 Å². The number of rotatable bonds is 6. The van der Waals surface area contributed by atoms with Gasteiger partial charge in [-0.05, 0) is 68.4 Å². The first-order valence-corrected chi connectivity index (χ1v) is 10.5. The minimum Gasteiger partial charge on any atom is -0.497 e. The number of carbonyl (C=O) groups is 1. The highest BCUT2D eigenvalue weighted by molar-refractivity contribution is 5.92. The topological polar surface area (TPSA) is 80.5 Å². The molecule has 0 unspecified atom stereocenters. The molecule has 1 aliphatic rings. The van der Waals surface area contributed by atoms with E-state index in [1.54, 1.807) is 7.11 Å². The van der Waals surface area contributed by atoms with E-state index in [9.17, 15) is 18.0 Å². The van der Waals surface area contributed by atoms with Gasteiger partial charge in [-0.3, -0.25) is 9.69 Å². The number of amides is 1. The molecule has 0 atom stereocenters. The number of nitrogens with zero attached hydrogens (tertiary/aromatic N) is 3. The van der Waals surface area contributed by atoms with Crippen LogP contribution in [-0.2, 0) is 17.5 Å². The second-order valence-corrected chi connectivity index (χ2v) is 7.86. The molecule has 7 nitrogen and oxygen atoms in total. The van der Waals surface area contributed by atoms with Crippen molar-refractivity contribution in [3.63, 3.8) is 0 Å². The summed E-state index contributed by atoms with van der Waals surface area (Å²) in [5.74, 6) is 1.17.